The molecule has 2 unspecified atom stereocenters. The summed E-state index contributed by atoms with van der Waals surface area (Å²) in [4.78, 5) is 0. The third-order valence-electron chi connectivity index (χ3n) is 2.33. The van der Waals surface area contributed by atoms with Crippen LogP contribution < -0.4 is 5.32 Å². The quantitative estimate of drug-likeness (QED) is 0.905. The van der Waals surface area contributed by atoms with Crippen LogP contribution in [-0.2, 0) is 17.3 Å². The summed E-state index contributed by atoms with van der Waals surface area (Å²) in [5.74, 6) is -0.229. The van der Waals surface area contributed by atoms with Crippen LogP contribution in [0.3, 0.4) is 0 Å². The Kier molecular flexibility index (Phi) is 5.58. The zero-order valence-electron chi connectivity index (χ0n) is 9.30. The lowest BCUT2D eigenvalue weighted by molar-refractivity contribution is 0.585. The molecule has 2 atom stereocenters. The van der Waals surface area contributed by atoms with Gasteiger partial charge in [-0.3, -0.25) is 4.21 Å². The van der Waals surface area contributed by atoms with Crippen LogP contribution in [-0.4, -0.2) is 22.3 Å². The lowest BCUT2D eigenvalue weighted by atomic mass is 10.2. The molecule has 16 heavy (non-hydrogen) atoms. The average Bonchev–Trinajstić information content (AvgIpc) is 2.20. The maximum atomic E-state index is 13.4. The van der Waals surface area contributed by atoms with Gasteiger partial charge in [-0.25, -0.2) is 4.39 Å². The van der Waals surface area contributed by atoms with Gasteiger partial charge in [0.05, 0.1) is 0 Å². The Bertz CT molecular complexity index is 386. The molecule has 0 heterocycles. The number of benzene rings is 1. The molecule has 5 heteroatoms. The molecule has 1 N–H and O–H groups in total. The van der Waals surface area contributed by atoms with Gasteiger partial charge in [-0.15, -0.1) is 0 Å². The SMILES string of the molecule is CC(CNCc1ccc(Br)cc1F)S(C)=O. The summed E-state index contributed by atoms with van der Waals surface area (Å²) in [5, 5.41) is 3.18. The summed E-state index contributed by atoms with van der Waals surface area (Å²) in [6, 6.07) is 4.99. The maximum Gasteiger partial charge on any atom is 0.128 e. The number of halogens is 2. The van der Waals surface area contributed by atoms with Crippen LogP contribution in [0.5, 0.6) is 0 Å². The van der Waals surface area contributed by atoms with Gasteiger partial charge in [0.15, 0.2) is 0 Å². The largest absolute Gasteiger partial charge is 0.311 e. The smallest absolute Gasteiger partial charge is 0.128 e. The molecule has 0 fully saturated rings. The van der Waals surface area contributed by atoms with Crippen LogP contribution in [0.25, 0.3) is 0 Å². The molecular weight excluding hydrogens is 293 g/mol. The molecule has 0 spiro atoms. The zero-order valence-corrected chi connectivity index (χ0v) is 11.7. The van der Waals surface area contributed by atoms with E-state index in [-0.39, 0.29) is 11.1 Å². The fourth-order valence-electron chi connectivity index (χ4n) is 1.19. The monoisotopic (exact) mass is 307 g/mol. The average molecular weight is 308 g/mol. The van der Waals surface area contributed by atoms with Crippen LogP contribution in [0.15, 0.2) is 22.7 Å². The first kappa shape index (κ1) is 13.8. The summed E-state index contributed by atoms with van der Waals surface area (Å²) in [6.45, 7) is 2.99. The Morgan fingerprint density at radius 1 is 1.56 bits per heavy atom. The third-order valence-corrected chi connectivity index (χ3v) is 4.12. The minimum atomic E-state index is -0.841. The molecule has 0 aromatic heterocycles. The predicted octanol–water partition coefficient (Wildman–Crippen LogP) is 2.44. The van der Waals surface area contributed by atoms with Gasteiger partial charge in [0.1, 0.15) is 5.82 Å². The number of rotatable bonds is 5. The van der Waals surface area contributed by atoms with Crippen molar-refractivity contribution in [2.24, 2.45) is 0 Å². The number of hydrogen-bond donors (Lipinski definition) is 1. The van der Waals surface area contributed by atoms with E-state index in [2.05, 4.69) is 21.2 Å². The van der Waals surface area contributed by atoms with Crippen LogP contribution in [0.4, 0.5) is 4.39 Å². The van der Waals surface area contributed by atoms with Crippen molar-refractivity contribution in [1.82, 2.24) is 5.32 Å². The van der Waals surface area contributed by atoms with E-state index >= 15 is 0 Å². The zero-order chi connectivity index (χ0) is 12.1. The van der Waals surface area contributed by atoms with E-state index in [9.17, 15) is 8.60 Å². The van der Waals surface area contributed by atoms with E-state index in [1.54, 1.807) is 12.3 Å². The lowest BCUT2D eigenvalue weighted by Crippen LogP contribution is -2.27. The van der Waals surface area contributed by atoms with Gasteiger partial charge in [0, 0.05) is 45.4 Å². The van der Waals surface area contributed by atoms with Gasteiger partial charge in [-0.05, 0) is 19.1 Å². The molecule has 0 aliphatic carbocycles. The summed E-state index contributed by atoms with van der Waals surface area (Å²) in [5.41, 5.74) is 0.622. The standard InChI is InChI=1S/C11H15BrFNOS/c1-8(16(2)15)6-14-7-9-3-4-10(12)5-11(9)13/h3-5,8,14H,6-7H2,1-2H3. The normalized spacial score (nSPS) is 14.8. The second-order valence-electron chi connectivity index (χ2n) is 3.68. The summed E-state index contributed by atoms with van der Waals surface area (Å²) < 4.78 is 25.2. The van der Waals surface area contributed by atoms with Crippen LogP contribution >= 0.6 is 15.9 Å². The Balaban J connectivity index is 2.46. The number of nitrogens with one attached hydrogen (secondary N) is 1. The van der Waals surface area contributed by atoms with Gasteiger partial charge in [-0.2, -0.15) is 0 Å². The molecule has 1 aromatic carbocycles. The minimum absolute atomic E-state index is 0.0820. The molecule has 0 bridgehead atoms. The van der Waals surface area contributed by atoms with E-state index in [1.807, 2.05) is 13.0 Å². The van der Waals surface area contributed by atoms with Crippen LogP contribution in [0.2, 0.25) is 0 Å². The molecule has 0 amide bonds. The van der Waals surface area contributed by atoms with Crippen molar-refractivity contribution in [3.63, 3.8) is 0 Å². The Labute approximate surface area is 106 Å². The predicted molar refractivity (Wildman–Crippen MR) is 69.3 cm³/mol. The Hall–Kier alpha value is -0.260. The minimum Gasteiger partial charge on any atom is -0.311 e. The second kappa shape index (κ2) is 6.47. The summed E-state index contributed by atoms with van der Waals surface area (Å²) in [7, 11) is -0.841. The highest BCUT2D eigenvalue weighted by Gasteiger charge is 2.06. The molecule has 0 saturated heterocycles. The van der Waals surface area contributed by atoms with Crippen molar-refractivity contribution in [2.75, 3.05) is 12.8 Å². The summed E-state index contributed by atoms with van der Waals surface area (Å²) >= 11 is 3.21. The molecule has 1 rings (SSSR count). The lowest BCUT2D eigenvalue weighted by Gasteiger charge is -2.10. The number of hydrogen-bond acceptors (Lipinski definition) is 2. The maximum absolute atomic E-state index is 13.4. The fraction of sp³-hybridized carbons (Fsp3) is 0.455. The second-order valence-corrected chi connectivity index (χ2v) is 6.39. The van der Waals surface area contributed by atoms with E-state index in [0.717, 1.165) is 4.47 Å². The van der Waals surface area contributed by atoms with Crippen molar-refractivity contribution in [1.29, 1.82) is 0 Å². The first-order chi connectivity index (χ1) is 7.50. The highest BCUT2D eigenvalue weighted by molar-refractivity contribution is 9.10. The van der Waals surface area contributed by atoms with Crippen molar-refractivity contribution in [2.45, 2.75) is 18.7 Å². The van der Waals surface area contributed by atoms with Gasteiger partial charge >= 0.3 is 0 Å². The fourth-order valence-corrected chi connectivity index (χ4v) is 1.88. The third kappa shape index (κ3) is 4.31. The van der Waals surface area contributed by atoms with Crippen molar-refractivity contribution >= 4 is 26.7 Å². The highest BCUT2D eigenvalue weighted by Crippen LogP contribution is 2.14. The van der Waals surface area contributed by atoms with Crippen LogP contribution in [0, 0.1) is 5.82 Å². The Morgan fingerprint density at radius 3 is 2.81 bits per heavy atom. The first-order valence-electron chi connectivity index (χ1n) is 4.97. The van der Waals surface area contributed by atoms with E-state index in [4.69, 9.17) is 0 Å². The van der Waals surface area contributed by atoms with Gasteiger partial charge in [0.2, 0.25) is 0 Å². The molecule has 0 saturated carbocycles. The Morgan fingerprint density at radius 2 is 2.25 bits per heavy atom. The van der Waals surface area contributed by atoms with Crippen molar-refractivity contribution < 1.29 is 8.60 Å². The van der Waals surface area contributed by atoms with E-state index in [1.165, 1.54) is 6.07 Å². The van der Waals surface area contributed by atoms with Crippen molar-refractivity contribution in [3.8, 4) is 0 Å². The van der Waals surface area contributed by atoms with E-state index in [0.29, 0.717) is 18.7 Å². The van der Waals surface area contributed by atoms with E-state index < -0.39 is 10.8 Å². The summed E-state index contributed by atoms with van der Waals surface area (Å²) in [6.07, 6.45) is 1.67. The highest BCUT2D eigenvalue weighted by atomic mass is 79.9. The topological polar surface area (TPSA) is 29.1 Å². The molecular formula is C11H15BrFNOS. The molecule has 1 aromatic rings. The molecule has 0 aliphatic heterocycles. The van der Waals surface area contributed by atoms with Gasteiger partial charge in [-0.1, -0.05) is 22.0 Å². The molecule has 90 valence electrons. The first-order valence-corrected chi connectivity index (χ1v) is 7.39. The molecule has 0 radical (unpaired) electrons. The van der Waals surface area contributed by atoms with Crippen LogP contribution in [0.1, 0.15) is 12.5 Å². The van der Waals surface area contributed by atoms with Gasteiger partial charge < -0.3 is 5.32 Å². The van der Waals surface area contributed by atoms with Crippen molar-refractivity contribution in [3.05, 3.63) is 34.1 Å². The van der Waals surface area contributed by atoms with Gasteiger partial charge in [0.25, 0.3) is 0 Å². The molecule has 0 aliphatic rings. The molecule has 2 nitrogen and oxygen atoms in total.